The third-order valence-corrected chi connectivity index (χ3v) is 7.98. The summed E-state index contributed by atoms with van der Waals surface area (Å²) in [6.07, 6.45) is 9.63. The van der Waals surface area contributed by atoms with Crippen LogP contribution in [0.5, 0.6) is 17.6 Å². The third kappa shape index (κ3) is 7.02. The molecule has 0 saturated carbocycles. The lowest BCUT2D eigenvalue weighted by Gasteiger charge is -2.35. The van der Waals surface area contributed by atoms with Gasteiger partial charge in [-0.3, -0.25) is 9.29 Å². The Morgan fingerprint density at radius 3 is 2.58 bits per heavy atom. The number of hydrogen-bond donors (Lipinski definition) is 3. The molecule has 0 radical (unpaired) electrons. The van der Waals surface area contributed by atoms with Gasteiger partial charge in [-0.05, 0) is 76.4 Å². The van der Waals surface area contributed by atoms with Crippen LogP contribution in [-0.2, 0) is 0 Å². The van der Waals surface area contributed by atoms with Gasteiger partial charge in [0.2, 0.25) is 5.88 Å². The molecule has 1 aliphatic heterocycles. The number of phenols is 1. The number of phenolic OH excluding ortho intramolecular Hbond substituents is 1. The number of aromatic nitrogens is 3. The fourth-order valence-corrected chi connectivity index (χ4v) is 5.99. The number of aliphatic hydroxyl groups is 1. The summed E-state index contributed by atoms with van der Waals surface area (Å²) in [5, 5.41) is 24.9. The minimum atomic E-state index is -0.548. The summed E-state index contributed by atoms with van der Waals surface area (Å²) in [5.41, 5.74) is 1.24. The van der Waals surface area contributed by atoms with Gasteiger partial charge in [0.05, 0.1) is 42.2 Å². The van der Waals surface area contributed by atoms with Gasteiger partial charge in [0.25, 0.3) is 0 Å². The number of benzene rings is 2. The van der Waals surface area contributed by atoms with Crippen LogP contribution < -0.4 is 14.8 Å². The SMILES string of the molecule is C#Cc1c(F)ccc2cc(O)cc(-c3cc4nc(OCC5(CCC)CCCN5C)nc(NCCO)c4c(OC(C)C)n3)c12.CF. The molecule has 240 valence electrons. The summed E-state index contributed by atoms with van der Waals surface area (Å²) in [4.78, 5) is 16.6. The molecular weight excluding hydrogens is 580 g/mol. The summed E-state index contributed by atoms with van der Waals surface area (Å²) in [5.74, 6) is 2.53. The number of nitrogens with zero attached hydrogens (tertiary/aromatic N) is 4. The van der Waals surface area contributed by atoms with E-state index in [0.717, 1.165) is 32.2 Å². The number of anilines is 1. The molecule has 0 spiro atoms. The average molecular weight is 622 g/mol. The first-order valence-corrected chi connectivity index (χ1v) is 15.1. The van der Waals surface area contributed by atoms with Gasteiger partial charge in [0, 0.05) is 17.5 Å². The molecule has 3 heterocycles. The predicted octanol–water partition coefficient (Wildman–Crippen LogP) is 6.09. The molecule has 1 aliphatic rings. The van der Waals surface area contributed by atoms with Crippen LogP contribution in [0.3, 0.4) is 0 Å². The molecule has 1 fully saturated rings. The number of halogens is 2. The summed E-state index contributed by atoms with van der Waals surface area (Å²) in [7, 11) is 2.63. The van der Waals surface area contributed by atoms with Gasteiger partial charge in [-0.1, -0.05) is 25.3 Å². The second-order valence-corrected chi connectivity index (χ2v) is 11.3. The van der Waals surface area contributed by atoms with Gasteiger partial charge in [-0.15, -0.1) is 6.42 Å². The Hall–Kier alpha value is -4.27. The zero-order chi connectivity index (χ0) is 32.7. The highest BCUT2D eigenvalue weighted by molar-refractivity contribution is 6.03. The molecule has 11 heteroatoms. The van der Waals surface area contributed by atoms with E-state index in [9.17, 15) is 19.0 Å². The van der Waals surface area contributed by atoms with E-state index in [4.69, 9.17) is 25.9 Å². The second-order valence-electron chi connectivity index (χ2n) is 11.3. The predicted molar refractivity (Wildman–Crippen MR) is 173 cm³/mol. The molecule has 5 rings (SSSR count). The quantitative estimate of drug-likeness (QED) is 0.171. The first-order valence-electron chi connectivity index (χ1n) is 15.1. The highest BCUT2D eigenvalue weighted by Crippen LogP contribution is 2.40. The van der Waals surface area contributed by atoms with Crippen LogP contribution in [0.1, 0.15) is 52.0 Å². The molecule has 2 aromatic carbocycles. The molecule has 0 bridgehead atoms. The Morgan fingerprint density at radius 1 is 1.16 bits per heavy atom. The number of aromatic hydroxyl groups is 1. The van der Waals surface area contributed by atoms with Crippen molar-refractivity contribution < 1.29 is 28.5 Å². The van der Waals surface area contributed by atoms with Crippen molar-refractivity contribution in [3.63, 3.8) is 0 Å². The molecule has 45 heavy (non-hydrogen) atoms. The maximum absolute atomic E-state index is 14.9. The van der Waals surface area contributed by atoms with E-state index < -0.39 is 5.82 Å². The second kappa shape index (κ2) is 14.7. The normalized spacial score (nSPS) is 16.4. The van der Waals surface area contributed by atoms with Gasteiger partial charge < -0.3 is 25.0 Å². The zero-order valence-electron chi connectivity index (χ0n) is 26.5. The van der Waals surface area contributed by atoms with E-state index in [1.165, 1.54) is 18.2 Å². The Kier molecular flexibility index (Phi) is 11.0. The number of likely N-dealkylation sites (tertiary alicyclic amines) is 1. The molecule has 2 aromatic heterocycles. The number of likely N-dealkylation sites (N-methyl/N-ethyl adjacent to an activating group) is 1. The van der Waals surface area contributed by atoms with Crippen molar-refractivity contribution in [3.05, 3.63) is 41.7 Å². The van der Waals surface area contributed by atoms with Crippen LogP contribution in [0.4, 0.5) is 14.6 Å². The van der Waals surface area contributed by atoms with Gasteiger partial charge in [-0.25, -0.2) is 9.37 Å². The minimum Gasteiger partial charge on any atom is -0.508 e. The van der Waals surface area contributed by atoms with Crippen molar-refractivity contribution in [2.45, 2.75) is 58.1 Å². The highest BCUT2D eigenvalue weighted by Gasteiger charge is 2.39. The van der Waals surface area contributed by atoms with Crippen molar-refractivity contribution in [1.29, 1.82) is 0 Å². The molecule has 1 saturated heterocycles. The number of fused-ring (bicyclic) bond motifs is 2. The van der Waals surface area contributed by atoms with Crippen molar-refractivity contribution in [2.24, 2.45) is 0 Å². The van der Waals surface area contributed by atoms with Crippen LogP contribution in [0.25, 0.3) is 32.9 Å². The number of rotatable bonds is 11. The Bertz CT molecular complexity index is 1690. The molecular formula is C34H41F2N5O4. The van der Waals surface area contributed by atoms with Crippen molar-refractivity contribution in [1.82, 2.24) is 19.9 Å². The first-order chi connectivity index (χ1) is 21.7. The lowest BCUT2D eigenvalue weighted by Crippen LogP contribution is -2.46. The summed E-state index contributed by atoms with van der Waals surface area (Å²) in [6, 6.07) is 7.79. The number of alkyl halides is 1. The minimum absolute atomic E-state index is 0.0239. The number of aliphatic hydroxyl groups excluding tert-OH is 1. The third-order valence-electron chi connectivity index (χ3n) is 7.98. The van der Waals surface area contributed by atoms with Crippen LogP contribution in [0.2, 0.25) is 0 Å². The van der Waals surface area contributed by atoms with Crippen LogP contribution in [0.15, 0.2) is 30.3 Å². The molecule has 0 aliphatic carbocycles. The number of terminal acetylenes is 1. The smallest absolute Gasteiger partial charge is 0.319 e. The molecule has 1 unspecified atom stereocenters. The van der Waals surface area contributed by atoms with Crippen molar-refractivity contribution in [3.8, 4) is 41.2 Å². The van der Waals surface area contributed by atoms with Crippen LogP contribution in [0, 0.1) is 18.2 Å². The van der Waals surface area contributed by atoms with E-state index in [-0.39, 0.29) is 48.0 Å². The van der Waals surface area contributed by atoms with Gasteiger partial charge in [0.1, 0.15) is 29.4 Å². The summed E-state index contributed by atoms with van der Waals surface area (Å²) >= 11 is 0. The maximum atomic E-state index is 14.9. The Labute approximate surface area is 262 Å². The monoisotopic (exact) mass is 621 g/mol. The highest BCUT2D eigenvalue weighted by atomic mass is 19.1. The van der Waals surface area contributed by atoms with E-state index >= 15 is 0 Å². The number of pyridine rings is 1. The van der Waals surface area contributed by atoms with Crippen LogP contribution in [-0.4, -0.2) is 82.2 Å². The van der Waals surface area contributed by atoms with Crippen molar-refractivity contribution in [2.75, 3.05) is 45.8 Å². The molecule has 3 N–H and O–H groups in total. The fraction of sp³-hybridized carbons (Fsp3) is 0.441. The molecule has 9 nitrogen and oxygen atoms in total. The Balaban J connectivity index is 0.00000226. The number of nitrogens with one attached hydrogen (secondary N) is 1. The lowest BCUT2D eigenvalue weighted by atomic mass is 9.92. The average Bonchev–Trinajstić information content (AvgIpc) is 3.38. The lowest BCUT2D eigenvalue weighted by molar-refractivity contribution is 0.0829. The van der Waals surface area contributed by atoms with E-state index in [0.29, 0.717) is 52.5 Å². The van der Waals surface area contributed by atoms with Gasteiger partial charge in [0.15, 0.2) is 0 Å². The van der Waals surface area contributed by atoms with E-state index in [1.54, 1.807) is 12.1 Å². The summed E-state index contributed by atoms with van der Waals surface area (Å²) in [6.45, 7) is 7.48. The fourth-order valence-electron chi connectivity index (χ4n) is 5.99. The number of ether oxygens (including phenoxy) is 2. The summed E-state index contributed by atoms with van der Waals surface area (Å²) < 4.78 is 36.8. The standard InChI is InChI=1S/C33H38FN5O4.CH3F/c1-6-11-33(12-8-14-39(33)5)19-42-32-37-27-18-26(36-31(43-20(3)4)29(27)30(38-32)35-13-15-40)24-17-22(41)16-21-9-10-25(34)23(7-2)28(21)24;1-2/h2,9-10,16-18,20,40-41H,6,8,11-15,19H2,1,3-5H3,(H,35,37,38);1H3. The van der Waals surface area contributed by atoms with E-state index in [1.807, 2.05) is 13.8 Å². The van der Waals surface area contributed by atoms with Crippen molar-refractivity contribution >= 4 is 27.5 Å². The maximum Gasteiger partial charge on any atom is 0.319 e. The Morgan fingerprint density at radius 2 is 1.93 bits per heavy atom. The van der Waals surface area contributed by atoms with E-state index in [2.05, 4.69) is 35.1 Å². The molecule has 4 aromatic rings. The van der Waals surface area contributed by atoms with Crippen LogP contribution >= 0.6 is 0 Å². The zero-order valence-corrected chi connectivity index (χ0v) is 26.5. The first kappa shape index (κ1) is 33.6. The number of hydrogen-bond acceptors (Lipinski definition) is 9. The topological polar surface area (TPSA) is 113 Å². The van der Waals surface area contributed by atoms with Gasteiger partial charge >= 0.3 is 6.01 Å². The largest absolute Gasteiger partial charge is 0.508 e. The molecule has 1 atom stereocenters. The molecule has 0 amide bonds. The van der Waals surface area contributed by atoms with Gasteiger partial charge in [-0.2, -0.15) is 9.97 Å².